The maximum absolute atomic E-state index is 12.1. The fraction of sp³-hybridized carbons (Fsp3) is 0.857. The summed E-state index contributed by atoms with van der Waals surface area (Å²) in [6.07, 6.45) is 4.25. The Labute approximate surface area is 109 Å². The van der Waals surface area contributed by atoms with Crippen molar-refractivity contribution in [2.24, 2.45) is 5.92 Å². The minimum absolute atomic E-state index is 0.0556. The Kier molecular flexibility index (Phi) is 3.64. The molecule has 0 aromatic rings. The number of hydrogen-bond acceptors (Lipinski definition) is 3. The van der Waals surface area contributed by atoms with Gasteiger partial charge in [-0.05, 0) is 46.5 Å². The van der Waals surface area contributed by atoms with Crippen molar-refractivity contribution >= 4 is 11.9 Å². The van der Waals surface area contributed by atoms with Crippen molar-refractivity contribution in [2.75, 3.05) is 6.54 Å². The number of carbonyl (C=O) groups is 2. The van der Waals surface area contributed by atoms with Gasteiger partial charge in [-0.2, -0.15) is 0 Å². The molecule has 2 atom stereocenters. The number of amides is 1. The van der Waals surface area contributed by atoms with E-state index in [0.29, 0.717) is 12.2 Å². The molecule has 18 heavy (non-hydrogen) atoms. The van der Waals surface area contributed by atoms with Gasteiger partial charge in [0.1, 0.15) is 11.4 Å². The second kappa shape index (κ2) is 4.90. The van der Waals surface area contributed by atoms with Crippen LogP contribution in [0, 0.1) is 5.92 Å². The fourth-order valence-corrected chi connectivity index (χ4v) is 3.01. The molecule has 4 heteroatoms. The highest BCUT2D eigenvalue weighted by Gasteiger charge is 2.41. The molecule has 1 aliphatic carbocycles. The lowest BCUT2D eigenvalue weighted by molar-refractivity contribution is -0.122. The first-order valence-corrected chi connectivity index (χ1v) is 6.91. The summed E-state index contributed by atoms with van der Waals surface area (Å²) in [6, 6.07) is 0.0786. The molecule has 2 unspecified atom stereocenters. The zero-order chi connectivity index (χ0) is 13.3. The summed E-state index contributed by atoms with van der Waals surface area (Å²) in [5.74, 6) is 0.385. The molecule has 1 heterocycles. The lowest BCUT2D eigenvalue weighted by atomic mass is 9.95. The smallest absolute Gasteiger partial charge is 0.410 e. The van der Waals surface area contributed by atoms with E-state index in [0.717, 1.165) is 32.2 Å². The Morgan fingerprint density at radius 1 is 1.28 bits per heavy atom. The average Bonchev–Trinajstić information content (AvgIpc) is 2.82. The van der Waals surface area contributed by atoms with Gasteiger partial charge in [-0.3, -0.25) is 4.79 Å². The monoisotopic (exact) mass is 253 g/mol. The summed E-state index contributed by atoms with van der Waals surface area (Å²) in [5, 5.41) is 0. The molecule has 1 saturated carbocycles. The third kappa shape index (κ3) is 2.85. The van der Waals surface area contributed by atoms with Crippen LogP contribution >= 0.6 is 0 Å². The van der Waals surface area contributed by atoms with Crippen LogP contribution in [0.5, 0.6) is 0 Å². The standard InChI is InChI=1S/C14H23NO3/c1-14(2,3)18-13(17)15-9-5-7-11(15)10-6-4-8-12(10)16/h10-11H,4-9H2,1-3H3. The van der Waals surface area contributed by atoms with E-state index in [4.69, 9.17) is 4.74 Å². The molecule has 2 fully saturated rings. The number of hydrogen-bond donors (Lipinski definition) is 0. The van der Waals surface area contributed by atoms with Crippen LogP contribution in [-0.2, 0) is 9.53 Å². The fourth-order valence-electron chi connectivity index (χ4n) is 3.01. The van der Waals surface area contributed by atoms with Crippen LogP contribution in [0.4, 0.5) is 4.79 Å². The number of ether oxygens (including phenoxy) is 1. The second-order valence-corrected chi connectivity index (χ2v) is 6.35. The number of ketones is 1. The highest BCUT2D eigenvalue weighted by atomic mass is 16.6. The Morgan fingerprint density at radius 2 is 2.00 bits per heavy atom. The van der Waals surface area contributed by atoms with Crippen molar-refractivity contribution in [2.45, 2.75) is 64.5 Å². The molecule has 1 amide bonds. The summed E-state index contributed by atoms with van der Waals surface area (Å²) < 4.78 is 5.42. The van der Waals surface area contributed by atoms with E-state index in [1.807, 2.05) is 20.8 Å². The van der Waals surface area contributed by atoms with Crippen molar-refractivity contribution < 1.29 is 14.3 Å². The minimum atomic E-state index is -0.468. The molecule has 1 aliphatic heterocycles. The average molecular weight is 253 g/mol. The van der Waals surface area contributed by atoms with Crippen LogP contribution in [-0.4, -0.2) is 35.0 Å². The number of rotatable bonds is 1. The molecule has 2 aliphatic rings. The third-order valence-electron chi connectivity index (χ3n) is 3.74. The maximum Gasteiger partial charge on any atom is 0.410 e. The highest BCUT2D eigenvalue weighted by Crippen LogP contribution is 2.33. The number of Topliss-reactive ketones (excluding diaryl/α,β-unsaturated/α-hetero) is 1. The van der Waals surface area contributed by atoms with Gasteiger partial charge in [0.05, 0.1) is 0 Å². The number of nitrogens with zero attached hydrogens (tertiary/aromatic N) is 1. The number of carbonyl (C=O) groups excluding carboxylic acids is 2. The maximum atomic E-state index is 12.1. The molecule has 1 saturated heterocycles. The van der Waals surface area contributed by atoms with Crippen LogP contribution in [0.1, 0.15) is 52.9 Å². The van der Waals surface area contributed by atoms with Gasteiger partial charge < -0.3 is 9.64 Å². The van der Waals surface area contributed by atoms with Gasteiger partial charge >= 0.3 is 6.09 Å². The molecular weight excluding hydrogens is 230 g/mol. The molecule has 0 N–H and O–H groups in total. The second-order valence-electron chi connectivity index (χ2n) is 6.35. The van der Waals surface area contributed by atoms with Gasteiger partial charge in [-0.1, -0.05) is 0 Å². The van der Waals surface area contributed by atoms with Crippen molar-refractivity contribution in [1.82, 2.24) is 4.90 Å². The molecule has 0 spiro atoms. The molecule has 102 valence electrons. The van der Waals surface area contributed by atoms with Crippen molar-refractivity contribution in [1.29, 1.82) is 0 Å². The Hall–Kier alpha value is -1.06. The molecule has 4 nitrogen and oxygen atoms in total. The minimum Gasteiger partial charge on any atom is -0.444 e. The van der Waals surface area contributed by atoms with E-state index in [9.17, 15) is 9.59 Å². The lowest BCUT2D eigenvalue weighted by Gasteiger charge is -2.31. The zero-order valence-electron chi connectivity index (χ0n) is 11.6. The Balaban J connectivity index is 2.03. The summed E-state index contributed by atoms with van der Waals surface area (Å²) in [7, 11) is 0. The van der Waals surface area contributed by atoms with Gasteiger partial charge in [0.2, 0.25) is 0 Å². The molecule has 2 rings (SSSR count). The van der Waals surface area contributed by atoms with Gasteiger partial charge in [0, 0.05) is 24.9 Å². The molecule has 0 radical (unpaired) electrons. The molecular formula is C14H23NO3. The summed E-state index contributed by atoms with van der Waals surface area (Å²) in [5.41, 5.74) is -0.468. The van der Waals surface area contributed by atoms with Crippen molar-refractivity contribution in [3.8, 4) is 0 Å². The third-order valence-corrected chi connectivity index (χ3v) is 3.74. The summed E-state index contributed by atoms with van der Waals surface area (Å²) in [4.78, 5) is 25.7. The largest absolute Gasteiger partial charge is 0.444 e. The van der Waals surface area contributed by atoms with Crippen LogP contribution in [0.2, 0.25) is 0 Å². The zero-order valence-corrected chi connectivity index (χ0v) is 11.6. The van der Waals surface area contributed by atoms with Gasteiger partial charge in [0.25, 0.3) is 0 Å². The van der Waals surface area contributed by atoms with E-state index in [-0.39, 0.29) is 18.1 Å². The first-order chi connectivity index (χ1) is 8.38. The quantitative estimate of drug-likeness (QED) is 0.722. The topological polar surface area (TPSA) is 46.6 Å². The van der Waals surface area contributed by atoms with E-state index in [1.54, 1.807) is 4.90 Å². The van der Waals surface area contributed by atoms with E-state index >= 15 is 0 Å². The van der Waals surface area contributed by atoms with Crippen molar-refractivity contribution in [3.05, 3.63) is 0 Å². The van der Waals surface area contributed by atoms with Crippen LogP contribution < -0.4 is 0 Å². The molecule has 0 bridgehead atoms. The molecule has 0 aromatic carbocycles. The first-order valence-electron chi connectivity index (χ1n) is 6.91. The Morgan fingerprint density at radius 3 is 2.56 bits per heavy atom. The van der Waals surface area contributed by atoms with Gasteiger partial charge in [0.15, 0.2) is 0 Å². The predicted molar refractivity (Wildman–Crippen MR) is 68.3 cm³/mol. The number of likely N-dealkylation sites (tertiary alicyclic amines) is 1. The van der Waals surface area contributed by atoms with Gasteiger partial charge in [-0.25, -0.2) is 4.79 Å². The van der Waals surface area contributed by atoms with E-state index in [2.05, 4.69) is 0 Å². The van der Waals surface area contributed by atoms with E-state index < -0.39 is 5.60 Å². The normalized spacial score (nSPS) is 28.8. The lowest BCUT2D eigenvalue weighted by Crippen LogP contribution is -2.44. The SMILES string of the molecule is CC(C)(C)OC(=O)N1CCCC1C1CCCC1=O. The summed E-state index contributed by atoms with van der Waals surface area (Å²) in [6.45, 7) is 6.34. The Bertz CT molecular complexity index is 345. The van der Waals surface area contributed by atoms with Gasteiger partial charge in [-0.15, -0.1) is 0 Å². The molecule has 0 aromatic heterocycles. The highest BCUT2D eigenvalue weighted by molar-refractivity contribution is 5.84. The van der Waals surface area contributed by atoms with E-state index in [1.165, 1.54) is 0 Å². The van der Waals surface area contributed by atoms with Crippen LogP contribution in [0.15, 0.2) is 0 Å². The van der Waals surface area contributed by atoms with Crippen LogP contribution in [0.25, 0.3) is 0 Å². The van der Waals surface area contributed by atoms with Crippen LogP contribution in [0.3, 0.4) is 0 Å². The summed E-state index contributed by atoms with van der Waals surface area (Å²) >= 11 is 0. The van der Waals surface area contributed by atoms with Crippen molar-refractivity contribution in [3.63, 3.8) is 0 Å². The predicted octanol–water partition coefficient (Wildman–Crippen LogP) is 2.76. The first kappa shape index (κ1) is 13.4.